The minimum atomic E-state index is -0.831. The first-order chi connectivity index (χ1) is 12.8. The predicted octanol–water partition coefficient (Wildman–Crippen LogP) is 3.66. The number of hydrogen-bond acceptors (Lipinski definition) is 3. The average Bonchev–Trinajstić information content (AvgIpc) is 2.92. The number of aryl methyl sites for hydroxylation is 1. The van der Waals surface area contributed by atoms with Crippen LogP contribution >= 0.6 is 0 Å². The number of hydrogen-bond donors (Lipinski definition) is 1. The van der Waals surface area contributed by atoms with Gasteiger partial charge in [0.1, 0.15) is 34.8 Å². The monoisotopic (exact) mass is 379 g/mol. The second kappa shape index (κ2) is 7.48. The fraction of sp³-hybridized carbons (Fsp3) is 0.111. The Hall–Kier alpha value is -3.36. The van der Waals surface area contributed by atoms with E-state index in [1.807, 2.05) is 0 Å². The van der Waals surface area contributed by atoms with Crippen LogP contribution < -0.4 is 10.1 Å². The molecular weight excluding hydrogens is 366 g/mol. The molecule has 1 aromatic heterocycles. The van der Waals surface area contributed by atoms with Crippen LogP contribution in [-0.4, -0.2) is 22.3 Å². The molecule has 0 saturated carbocycles. The molecule has 1 amide bonds. The van der Waals surface area contributed by atoms with Crippen LogP contribution in [0.3, 0.4) is 0 Å². The molecule has 0 unspecified atom stereocenters. The highest BCUT2D eigenvalue weighted by Crippen LogP contribution is 2.24. The average molecular weight is 379 g/mol. The molecule has 0 aliphatic heterocycles. The molecule has 5 nitrogen and oxygen atoms in total. The van der Waals surface area contributed by atoms with Crippen LogP contribution in [0.1, 0.15) is 0 Å². The van der Waals surface area contributed by atoms with Crippen molar-refractivity contribution in [2.24, 2.45) is 7.05 Å². The number of nitrogens with one attached hydrogen (secondary N) is 1. The van der Waals surface area contributed by atoms with E-state index in [2.05, 4.69) is 10.4 Å². The second-order valence-electron chi connectivity index (χ2n) is 5.60. The van der Waals surface area contributed by atoms with Gasteiger partial charge in [-0.3, -0.25) is 9.48 Å². The Balaban J connectivity index is 1.68. The summed E-state index contributed by atoms with van der Waals surface area (Å²) in [4.78, 5) is 12.0. The number of carbonyl (C=O) groups excluding carboxylic acids is 1. The van der Waals surface area contributed by atoms with E-state index in [9.17, 15) is 22.4 Å². The fourth-order valence-corrected chi connectivity index (χ4v) is 2.35. The molecule has 9 heteroatoms. The van der Waals surface area contributed by atoms with Gasteiger partial charge < -0.3 is 10.1 Å². The molecule has 0 aliphatic carbocycles. The standard InChI is InChI=1S/C18H13F4N3O2/c1-25-17(8-16(24-25)14-3-2-10(19)7-15(14)22)23-18(26)9-27-13-5-11(20)4-12(21)6-13/h2-8H,9H2,1H3,(H,23,26). The van der Waals surface area contributed by atoms with E-state index in [1.165, 1.54) is 23.9 Å². The highest BCUT2D eigenvalue weighted by molar-refractivity contribution is 5.91. The van der Waals surface area contributed by atoms with Gasteiger partial charge in [-0.2, -0.15) is 5.10 Å². The first kappa shape index (κ1) is 18.4. The van der Waals surface area contributed by atoms with E-state index in [-0.39, 0.29) is 22.8 Å². The summed E-state index contributed by atoms with van der Waals surface area (Å²) in [6.45, 7) is -0.506. The molecule has 0 fully saturated rings. The van der Waals surface area contributed by atoms with Crippen LogP contribution in [0.5, 0.6) is 5.75 Å². The Bertz CT molecular complexity index is 984. The van der Waals surface area contributed by atoms with Crippen molar-refractivity contribution in [3.05, 3.63) is 65.7 Å². The van der Waals surface area contributed by atoms with Gasteiger partial charge in [0.05, 0.1) is 5.69 Å². The molecular formula is C18H13F4N3O2. The Kier molecular flexibility index (Phi) is 5.11. The van der Waals surface area contributed by atoms with Crippen molar-refractivity contribution < 1.29 is 27.1 Å². The Morgan fingerprint density at radius 2 is 1.74 bits per heavy atom. The summed E-state index contributed by atoms with van der Waals surface area (Å²) in [5.41, 5.74) is 0.261. The maximum Gasteiger partial charge on any atom is 0.263 e. The van der Waals surface area contributed by atoms with Crippen molar-refractivity contribution in [3.63, 3.8) is 0 Å². The maximum atomic E-state index is 13.9. The lowest BCUT2D eigenvalue weighted by atomic mass is 10.1. The molecule has 140 valence electrons. The minimum absolute atomic E-state index is 0.0685. The van der Waals surface area contributed by atoms with Gasteiger partial charge in [-0.15, -0.1) is 0 Å². The third-order valence-corrected chi connectivity index (χ3v) is 3.56. The van der Waals surface area contributed by atoms with Gasteiger partial charge in [0.15, 0.2) is 6.61 Å². The van der Waals surface area contributed by atoms with Crippen molar-refractivity contribution in [2.45, 2.75) is 0 Å². The zero-order valence-electron chi connectivity index (χ0n) is 14.0. The van der Waals surface area contributed by atoms with Gasteiger partial charge in [-0.05, 0) is 12.1 Å². The van der Waals surface area contributed by atoms with Gasteiger partial charge in [-0.25, -0.2) is 17.6 Å². The van der Waals surface area contributed by atoms with Crippen LogP contribution in [0.25, 0.3) is 11.3 Å². The van der Waals surface area contributed by atoms with Crippen LogP contribution in [0.15, 0.2) is 42.5 Å². The van der Waals surface area contributed by atoms with Gasteiger partial charge >= 0.3 is 0 Å². The first-order valence-electron chi connectivity index (χ1n) is 7.70. The quantitative estimate of drug-likeness (QED) is 0.689. The molecule has 0 bridgehead atoms. The summed E-state index contributed by atoms with van der Waals surface area (Å²) < 4.78 is 59.4. The highest BCUT2D eigenvalue weighted by atomic mass is 19.1. The molecule has 0 radical (unpaired) electrons. The smallest absolute Gasteiger partial charge is 0.263 e. The van der Waals surface area contributed by atoms with Crippen molar-refractivity contribution in [1.82, 2.24) is 9.78 Å². The Labute approximate surface area is 151 Å². The van der Waals surface area contributed by atoms with E-state index < -0.39 is 35.8 Å². The zero-order chi connectivity index (χ0) is 19.6. The van der Waals surface area contributed by atoms with E-state index in [1.54, 1.807) is 0 Å². The molecule has 1 heterocycles. The molecule has 0 aliphatic rings. The normalized spacial score (nSPS) is 10.7. The summed E-state index contributed by atoms with van der Waals surface area (Å²) in [5, 5.41) is 6.55. The Morgan fingerprint density at radius 1 is 1.04 bits per heavy atom. The molecule has 2 aromatic carbocycles. The van der Waals surface area contributed by atoms with Crippen LogP contribution in [0.4, 0.5) is 23.4 Å². The number of rotatable bonds is 5. The summed E-state index contributed by atoms with van der Waals surface area (Å²) in [7, 11) is 1.52. The first-order valence-corrected chi connectivity index (χ1v) is 7.70. The van der Waals surface area contributed by atoms with Crippen molar-refractivity contribution in [3.8, 4) is 17.0 Å². The van der Waals surface area contributed by atoms with Crippen LogP contribution in [0, 0.1) is 23.3 Å². The van der Waals surface area contributed by atoms with Gasteiger partial charge in [-0.1, -0.05) is 0 Å². The number of nitrogens with zero attached hydrogens (tertiary/aromatic N) is 2. The number of halogens is 4. The zero-order valence-corrected chi connectivity index (χ0v) is 14.0. The van der Waals surface area contributed by atoms with Crippen LogP contribution in [-0.2, 0) is 11.8 Å². The number of carbonyl (C=O) groups is 1. The van der Waals surface area contributed by atoms with Crippen LogP contribution in [0.2, 0.25) is 0 Å². The van der Waals surface area contributed by atoms with E-state index in [0.717, 1.165) is 24.3 Å². The topological polar surface area (TPSA) is 56.2 Å². The third kappa shape index (κ3) is 4.43. The minimum Gasteiger partial charge on any atom is -0.484 e. The molecule has 0 saturated heterocycles. The van der Waals surface area contributed by atoms with Crippen molar-refractivity contribution in [2.75, 3.05) is 11.9 Å². The molecule has 3 aromatic rings. The van der Waals surface area contributed by atoms with Crippen molar-refractivity contribution in [1.29, 1.82) is 0 Å². The third-order valence-electron chi connectivity index (χ3n) is 3.56. The van der Waals surface area contributed by atoms with Gasteiger partial charge in [0.25, 0.3) is 5.91 Å². The number of anilines is 1. The summed E-state index contributed by atoms with van der Waals surface area (Å²) >= 11 is 0. The molecule has 1 N–H and O–H groups in total. The molecule has 3 rings (SSSR count). The maximum absolute atomic E-state index is 13.9. The largest absolute Gasteiger partial charge is 0.484 e. The molecule has 0 atom stereocenters. The summed E-state index contributed by atoms with van der Waals surface area (Å²) in [6.07, 6.45) is 0. The number of ether oxygens (including phenoxy) is 1. The number of benzene rings is 2. The lowest BCUT2D eigenvalue weighted by Crippen LogP contribution is -2.21. The summed E-state index contributed by atoms with van der Waals surface area (Å²) in [5.74, 6) is -3.69. The van der Waals surface area contributed by atoms with E-state index in [0.29, 0.717) is 6.07 Å². The number of amides is 1. The number of aromatic nitrogens is 2. The predicted molar refractivity (Wildman–Crippen MR) is 89.0 cm³/mol. The van der Waals surface area contributed by atoms with Gasteiger partial charge in [0.2, 0.25) is 0 Å². The van der Waals surface area contributed by atoms with Crippen molar-refractivity contribution >= 4 is 11.7 Å². The highest BCUT2D eigenvalue weighted by Gasteiger charge is 2.14. The second-order valence-corrected chi connectivity index (χ2v) is 5.60. The summed E-state index contributed by atoms with van der Waals surface area (Å²) in [6, 6.07) is 7.02. The molecule has 0 spiro atoms. The van der Waals surface area contributed by atoms with E-state index >= 15 is 0 Å². The molecule has 27 heavy (non-hydrogen) atoms. The lowest BCUT2D eigenvalue weighted by molar-refractivity contribution is -0.118. The lowest BCUT2D eigenvalue weighted by Gasteiger charge is -2.07. The fourth-order valence-electron chi connectivity index (χ4n) is 2.35. The SMILES string of the molecule is Cn1nc(-c2ccc(F)cc2F)cc1NC(=O)COc1cc(F)cc(F)c1. The Morgan fingerprint density at radius 3 is 2.41 bits per heavy atom. The van der Waals surface area contributed by atoms with Gasteiger partial charge in [0, 0.05) is 42.9 Å². The van der Waals surface area contributed by atoms with E-state index in [4.69, 9.17) is 4.74 Å².